The molecule has 0 unspecified atom stereocenters. The number of carboxylic acid groups (broad SMARTS) is 1. The van der Waals surface area contributed by atoms with Gasteiger partial charge in [-0.25, -0.2) is 4.98 Å². The minimum absolute atomic E-state index is 0.0863. The van der Waals surface area contributed by atoms with Gasteiger partial charge in [-0.3, -0.25) is 9.69 Å². The number of rotatable bonds is 6. The molecule has 0 aliphatic rings. The summed E-state index contributed by atoms with van der Waals surface area (Å²) in [6, 6.07) is 6.13. The van der Waals surface area contributed by atoms with Crippen molar-refractivity contribution in [1.29, 1.82) is 0 Å². The first-order valence-corrected chi connectivity index (χ1v) is 6.83. The van der Waals surface area contributed by atoms with Gasteiger partial charge in [0.2, 0.25) is 0 Å². The Balaban J connectivity index is 2.11. The SMILES string of the molecule is CCCN(CC(=O)O)Cc1ccc2scnc2c1. The van der Waals surface area contributed by atoms with Crippen LogP contribution in [0.3, 0.4) is 0 Å². The van der Waals surface area contributed by atoms with E-state index in [0.717, 1.165) is 24.0 Å². The Labute approximate surface area is 110 Å². The highest BCUT2D eigenvalue weighted by Gasteiger charge is 2.10. The second-order valence-electron chi connectivity index (χ2n) is 4.26. The molecule has 0 amide bonds. The monoisotopic (exact) mass is 264 g/mol. The van der Waals surface area contributed by atoms with Crippen LogP contribution in [0.25, 0.3) is 10.2 Å². The van der Waals surface area contributed by atoms with Gasteiger partial charge in [0.25, 0.3) is 0 Å². The Hall–Kier alpha value is -1.46. The summed E-state index contributed by atoms with van der Waals surface area (Å²) in [5, 5.41) is 8.87. The summed E-state index contributed by atoms with van der Waals surface area (Å²) in [6.45, 7) is 3.59. The molecule has 4 nitrogen and oxygen atoms in total. The maximum Gasteiger partial charge on any atom is 0.317 e. The van der Waals surface area contributed by atoms with E-state index in [1.165, 1.54) is 4.70 Å². The zero-order valence-corrected chi connectivity index (χ0v) is 11.1. The van der Waals surface area contributed by atoms with Gasteiger partial charge in [0.05, 0.1) is 22.3 Å². The molecule has 96 valence electrons. The fourth-order valence-electron chi connectivity index (χ4n) is 1.98. The van der Waals surface area contributed by atoms with Crippen molar-refractivity contribution in [2.75, 3.05) is 13.1 Å². The van der Waals surface area contributed by atoms with Crippen LogP contribution in [0.15, 0.2) is 23.7 Å². The summed E-state index contributed by atoms with van der Waals surface area (Å²) in [4.78, 5) is 17.0. The molecule has 1 aromatic carbocycles. The molecule has 1 N–H and O–H groups in total. The fourth-order valence-corrected chi connectivity index (χ4v) is 2.64. The van der Waals surface area contributed by atoms with Crippen LogP contribution in [0, 0.1) is 0 Å². The Morgan fingerprint density at radius 2 is 2.33 bits per heavy atom. The molecule has 0 spiro atoms. The fraction of sp³-hybridized carbons (Fsp3) is 0.385. The average molecular weight is 264 g/mol. The Morgan fingerprint density at radius 3 is 3.06 bits per heavy atom. The van der Waals surface area contributed by atoms with Crippen LogP contribution >= 0.6 is 11.3 Å². The lowest BCUT2D eigenvalue weighted by atomic mass is 10.2. The van der Waals surface area contributed by atoms with E-state index >= 15 is 0 Å². The average Bonchev–Trinajstić information content (AvgIpc) is 2.75. The highest BCUT2D eigenvalue weighted by atomic mass is 32.1. The second kappa shape index (κ2) is 5.93. The van der Waals surface area contributed by atoms with E-state index in [1.54, 1.807) is 11.3 Å². The predicted octanol–water partition coefficient (Wildman–Crippen LogP) is 2.59. The van der Waals surface area contributed by atoms with Crippen LogP contribution < -0.4 is 0 Å². The Kier molecular flexibility index (Phi) is 4.28. The molecule has 0 atom stereocenters. The van der Waals surface area contributed by atoms with E-state index < -0.39 is 5.97 Å². The van der Waals surface area contributed by atoms with Crippen molar-refractivity contribution >= 4 is 27.5 Å². The van der Waals surface area contributed by atoms with Gasteiger partial charge < -0.3 is 5.11 Å². The van der Waals surface area contributed by atoms with E-state index in [-0.39, 0.29) is 6.54 Å². The molecule has 0 radical (unpaired) electrons. The quantitative estimate of drug-likeness (QED) is 0.871. The van der Waals surface area contributed by atoms with E-state index in [9.17, 15) is 4.79 Å². The molecule has 1 aromatic heterocycles. The number of fused-ring (bicyclic) bond motifs is 1. The standard InChI is InChI=1S/C13H16N2O2S/c1-2-5-15(8-13(16)17)7-10-3-4-12-11(6-10)14-9-18-12/h3-4,6,9H,2,5,7-8H2,1H3,(H,16,17). The molecule has 2 aromatic rings. The third-order valence-corrected chi connectivity index (χ3v) is 3.51. The number of carboxylic acids is 1. The highest BCUT2D eigenvalue weighted by molar-refractivity contribution is 7.16. The number of thiazole rings is 1. The number of aliphatic carboxylic acids is 1. The molecule has 0 bridgehead atoms. The van der Waals surface area contributed by atoms with Crippen LogP contribution in [0.5, 0.6) is 0 Å². The lowest BCUT2D eigenvalue weighted by molar-refractivity contribution is -0.138. The van der Waals surface area contributed by atoms with Crippen LogP contribution in [0.1, 0.15) is 18.9 Å². The molecule has 0 saturated carbocycles. The van der Waals surface area contributed by atoms with E-state index in [4.69, 9.17) is 5.11 Å². The van der Waals surface area contributed by atoms with Gasteiger partial charge in [0, 0.05) is 6.54 Å². The molecule has 0 saturated heterocycles. The minimum Gasteiger partial charge on any atom is -0.480 e. The number of hydrogen-bond donors (Lipinski definition) is 1. The van der Waals surface area contributed by atoms with Crippen molar-refractivity contribution in [3.63, 3.8) is 0 Å². The lowest BCUT2D eigenvalue weighted by Gasteiger charge is -2.19. The van der Waals surface area contributed by atoms with Gasteiger partial charge in [-0.15, -0.1) is 11.3 Å². The first-order chi connectivity index (χ1) is 8.69. The molecule has 18 heavy (non-hydrogen) atoms. The smallest absolute Gasteiger partial charge is 0.317 e. The van der Waals surface area contributed by atoms with Crippen molar-refractivity contribution in [1.82, 2.24) is 9.88 Å². The third kappa shape index (κ3) is 3.27. The zero-order chi connectivity index (χ0) is 13.0. The normalized spacial score (nSPS) is 11.2. The van der Waals surface area contributed by atoms with Gasteiger partial charge in [0.15, 0.2) is 0 Å². The summed E-state index contributed by atoms with van der Waals surface area (Å²) >= 11 is 1.62. The van der Waals surface area contributed by atoms with Gasteiger partial charge >= 0.3 is 5.97 Å². The molecular formula is C13H16N2O2S. The van der Waals surface area contributed by atoms with Crippen LogP contribution in [0.2, 0.25) is 0 Å². The topological polar surface area (TPSA) is 53.4 Å². The van der Waals surface area contributed by atoms with E-state index in [1.807, 2.05) is 28.6 Å². The first kappa shape index (κ1) is 13.0. The number of aromatic nitrogens is 1. The molecule has 2 rings (SSSR count). The van der Waals surface area contributed by atoms with Crippen LogP contribution in [0.4, 0.5) is 0 Å². The first-order valence-electron chi connectivity index (χ1n) is 5.95. The van der Waals surface area contributed by atoms with Crippen LogP contribution in [-0.2, 0) is 11.3 Å². The molecule has 0 aliphatic heterocycles. The van der Waals surface area contributed by atoms with Gasteiger partial charge in [-0.2, -0.15) is 0 Å². The Bertz CT molecular complexity index is 539. The van der Waals surface area contributed by atoms with Crippen molar-refractivity contribution in [3.8, 4) is 0 Å². The van der Waals surface area contributed by atoms with E-state index in [2.05, 4.69) is 11.9 Å². The van der Waals surface area contributed by atoms with Crippen molar-refractivity contribution < 1.29 is 9.90 Å². The lowest BCUT2D eigenvalue weighted by Crippen LogP contribution is -2.30. The second-order valence-corrected chi connectivity index (χ2v) is 5.15. The van der Waals surface area contributed by atoms with E-state index in [0.29, 0.717) is 6.54 Å². The van der Waals surface area contributed by atoms with Crippen molar-refractivity contribution in [2.24, 2.45) is 0 Å². The highest BCUT2D eigenvalue weighted by Crippen LogP contribution is 2.19. The number of nitrogens with zero attached hydrogens (tertiary/aromatic N) is 2. The molecule has 0 aliphatic carbocycles. The minimum atomic E-state index is -0.779. The zero-order valence-electron chi connectivity index (χ0n) is 10.3. The molecule has 0 fully saturated rings. The maximum absolute atomic E-state index is 10.8. The summed E-state index contributed by atoms with van der Waals surface area (Å²) in [5.41, 5.74) is 3.93. The molecule has 1 heterocycles. The number of benzene rings is 1. The summed E-state index contributed by atoms with van der Waals surface area (Å²) in [6.07, 6.45) is 0.951. The van der Waals surface area contributed by atoms with Gasteiger partial charge in [0.1, 0.15) is 0 Å². The maximum atomic E-state index is 10.8. The van der Waals surface area contributed by atoms with Gasteiger partial charge in [-0.1, -0.05) is 13.0 Å². The van der Waals surface area contributed by atoms with Crippen LogP contribution in [-0.4, -0.2) is 34.0 Å². The summed E-state index contributed by atoms with van der Waals surface area (Å²) < 4.78 is 1.17. The van der Waals surface area contributed by atoms with Crippen molar-refractivity contribution in [3.05, 3.63) is 29.3 Å². The number of hydrogen-bond acceptors (Lipinski definition) is 4. The third-order valence-electron chi connectivity index (χ3n) is 2.70. The predicted molar refractivity (Wildman–Crippen MR) is 72.8 cm³/mol. The van der Waals surface area contributed by atoms with Crippen molar-refractivity contribution in [2.45, 2.75) is 19.9 Å². The molecular weight excluding hydrogens is 248 g/mol. The molecule has 5 heteroatoms. The number of carbonyl (C=O) groups is 1. The largest absolute Gasteiger partial charge is 0.480 e. The summed E-state index contributed by atoms with van der Waals surface area (Å²) in [7, 11) is 0. The summed E-state index contributed by atoms with van der Waals surface area (Å²) in [5.74, 6) is -0.779. The van der Waals surface area contributed by atoms with Gasteiger partial charge in [-0.05, 0) is 30.7 Å². The Morgan fingerprint density at radius 1 is 1.50 bits per heavy atom.